The molecule has 1 saturated carbocycles. The number of rotatable bonds is 1. The van der Waals surface area contributed by atoms with Gasteiger partial charge in [0.25, 0.3) is 5.91 Å². The quantitative estimate of drug-likeness (QED) is 0.657. The third-order valence-electron chi connectivity index (χ3n) is 5.06. The molecule has 1 fully saturated rings. The van der Waals surface area contributed by atoms with Crippen molar-refractivity contribution in [3.63, 3.8) is 0 Å². The molecule has 0 bridgehead atoms. The molecular weight excluding hydrogens is 273 g/mol. The van der Waals surface area contributed by atoms with Crippen molar-refractivity contribution in [3.8, 4) is 0 Å². The first-order valence-electron chi connectivity index (χ1n) is 8.11. The highest BCUT2D eigenvalue weighted by Crippen LogP contribution is 2.33. The van der Waals surface area contributed by atoms with Gasteiger partial charge in [-0.05, 0) is 18.4 Å². The zero-order valence-electron chi connectivity index (χ0n) is 12.6. The van der Waals surface area contributed by atoms with Crippen molar-refractivity contribution in [1.29, 1.82) is 0 Å². The van der Waals surface area contributed by atoms with Crippen LogP contribution < -0.4 is 21.4 Å². The fraction of sp³-hybridized carbons (Fsp3) is 0.471. The molecule has 0 unspecified atom stereocenters. The molecule has 2 heterocycles. The van der Waals surface area contributed by atoms with E-state index in [0.717, 1.165) is 35.1 Å². The Bertz CT molecular complexity index is 625. The van der Waals surface area contributed by atoms with Crippen molar-refractivity contribution in [2.75, 3.05) is 6.54 Å². The summed E-state index contributed by atoms with van der Waals surface area (Å²) in [7, 11) is 5.80. The Morgan fingerprint density at radius 3 is 2.55 bits per heavy atom. The summed E-state index contributed by atoms with van der Waals surface area (Å²) < 4.78 is 0. The Hall–Kier alpha value is -1.75. The fourth-order valence-electron chi connectivity index (χ4n) is 3.91. The molecule has 0 aromatic heterocycles. The lowest BCUT2D eigenvalue weighted by molar-refractivity contribution is -0.117. The summed E-state index contributed by atoms with van der Waals surface area (Å²) >= 11 is 0. The second kappa shape index (κ2) is 5.47. The zero-order chi connectivity index (χ0) is 15.1. The summed E-state index contributed by atoms with van der Waals surface area (Å²) in [5.41, 5.74) is 3.76. The molecule has 22 heavy (non-hydrogen) atoms. The molecule has 4 rings (SSSR count). The number of fused-ring (bicyclic) bond motifs is 1. The van der Waals surface area contributed by atoms with Crippen LogP contribution in [0.3, 0.4) is 0 Å². The Balaban J connectivity index is 1.74. The Kier molecular flexibility index (Phi) is 3.45. The second-order valence-corrected chi connectivity index (χ2v) is 6.48. The number of hydrogen-bond acceptors (Lipinski definition) is 3. The van der Waals surface area contributed by atoms with Crippen LogP contribution in [0.15, 0.2) is 35.5 Å². The van der Waals surface area contributed by atoms with E-state index in [0.29, 0.717) is 18.6 Å². The van der Waals surface area contributed by atoms with E-state index < -0.39 is 0 Å². The third kappa shape index (κ3) is 2.33. The highest BCUT2D eigenvalue weighted by atomic mass is 16.2. The summed E-state index contributed by atoms with van der Waals surface area (Å²) in [4.78, 5) is 12.3. The molecule has 1 amide bonds. The lowest BCUT2D eigenvalue weighted by atomic mass is 9.88. The number of benzene rings is 1. The van der Waals surface area contributed by atoms with Crippen LogP contribution in [0.25, 0.3) is 0 Å². The molecule has 2 radical (unpaired) electrons. The van der Waals surface area contributed by atoms with Crippen molar-refractivity contribution in [1.82, 2.24) is 16.0 Å². The average Bonchev–Trinajstić information content (AvgIpc) is 2.79. The van der Waals surface area contributed by atoms with Gasteiger partial charge in [-0.15, -0.1) is 0 Å². The molecule has 1 aromatic rings. The van der Waals surface area contributed by atoms with Crippen molar-refractivity contribution >= 4 is 19.2 Å². The first-order chi connectivity index (χ1) is 10.7. The molecule has 0 saturated heterocycles. The van der Waals surface area contributed by atoms with Crippen molar-refractivity contribution < 1.29 is 4.79 Å². The second-order valence-electron chi connectivity index (χ2n) is 6.48. The average molecular weight is 293 g/mol. The van der Waals surface area contributed by atoms with Crippen LogP contribution in [0.5, 0.6) is 0 Å². The lowest BCUT2D eigenvalue weighted by Gasteiger charge is -2.34. The molecule has 0 spiro atoms. The summed E-state index contributed by atoms with van der Waals surface area (Å²) in [6.45, 7) is 0.616. The number of hydrogen-bond donors (Lipinski definition) is 3. The van der Waals surface area contributed by atoms with Crippen LogP contribution in [0.2, 0.25) is 0 Å². The van der Waals surface area contributed by atoms with E-state index >= 15 is 0 Å². The van der Waals surface area contributed by atoms with E-state index in [-0.39, 0.29) is 11.9 Å². The zero-order valence-corrected chi connectivity index (χ0v) is 12.6. The van der Waals surface area contributed by atoms with Crippen LogP contribution in [-0.4, -0.2) is 32.4 Å². The van der Waals surface area contributed by atoms with Gasteiger partial charge in [0.1, 0.15) is 7.85 Å². The molecule has 3 atom stereocenters. The molecule has 5 heteroatoms. The predicted molar refractivity (Wildman–Crippen MR) is 86.9 cm³/mol. The van der Waals surface area contributed by atoms with E-state index in [1.54, 1.807) is 0 Å². The predicted octanol–water partition coefficient (Wildman–Crippen LogP) is 0.409. The van der Waals surface area contributed by atoms with Gasteiger partial charge in [-0.3, -0.25) is 4.79 Å². The summed E-state index contributed by atoms with van der Waals surface area (Å²) in [6.07, 6.45) is 4.83. The highest BCUT2D eigenvalue weighted by molar-refractivity contribution is 6.32. The maximum absolute atomic E-state index is 12.3. The van der Waals surface area contributed by atoms with Crippen LogP contribution >= 0.6 is 0 Å². The first kappa shape index (κ1) is 13.9. The molecule has 1 aromatic carbocycles. The van der Waals surface area contributed by atoms with Gasteiger partial charge in [-0.1, -0.05) is 42.6 Å². The first-order valence-corrected chi connectivity index (χ1v) is 8.11. The van der Waals surface area contributed by atoms with Crippen molar-refractivity contribution in [3.05, 3.63) is 41.1 Å². The normalized spacial score (nSPS) is 30.9. The van der Waals surface area contributed by atoms with Gasteiger partial charge in [0.2, 0.25) is 0 Å². The maximum Gasteiger partial charge on any atom is 0.251 e. The van der Waals surface area contributed by atoms with Gasteiger partial charge in [0, 0.05) is 17.8 Å². The van der Waals surface area contributed by atoms with E-state index in [2.05, 4.69) is 16.0 Å². The molecule has 2 aliphatic heterocycles. The van der Waals surface area contributed by atoms with Gasteiger partial charge < -0.3 is 16.0 Å². The molecule has 4 nitrogen and oxygen atoms in total. The largest absolute Gasteiger partial charge is 0.382 e. The van der Waals surface area contributed by atoms with Gasteiger partial charge in [-0.2, -0.15) is 0 Å². The number of amides is 1. The SMILES string of the molecule is [B]c1ccc([C@@H]2N[C@@H]3CCCC[C@H]3NC3=C2C(=O)NC3)cc1. The Morgan fingerprint density at radius 1 is 1.05 bits per heavy atom. The molecule has 112 valence electrons. The molecule has 3 N–H and O–H groups in total. The molecule has 3 aliphatic rings. The third-order valence-corrected chi connectivity index (χ3v) is 5.06. The number of carbonyl (C=O) groups is 1. The van der Waals surface area contributed by atoms with E-state index in [4.69, 9.17) is 7.85 Å². The highest BCUT2D eigenvalue weighted by Gasteiger charge is 2.38. The van der Waals surface area contributed by atoms with Gasteiger partial charge >= 0.3 is 0 Å². The monoisotopic (exact) mass is 293 g/mol. The Morgan fingerprint density at radius 2 is 1.77 bits per heavy atom. The topological polar surface area (TPSA) is 53.2 Å². The van der Waals surface area contributed by atoms with Crippen molar-refractivity contribution in [2.24, 2.45) is 0 Å². The minimum atomic E-state index is -0.0568. The summed E-state index contributed by atoms with van der Waals surface area (Å²) in [5, 5.41) is 10.3. The van der Waals surface area contributed by atoms with Gasteiger partial charge in [0.15, 0.2) is 0 Å². The minimum absolute atomic E-state index is 0.0375. The summed E-state index contributed by atoms with van der Waals surface area (Å²) in [5.74, 6) is 0.0375. The minimum Gasteiger partial charge on any atom is -0.382 e. The Labute approximate surface area is 132 Å². The van der Waals surface area contributed by atoms with Crippen LogP contribution in [0.4, 0.5) is 0 Å². The number of carbonyl (C=O) groups excluding carboxylic acids is 1. The van der Waals surface area contributed by atoms with Gasteiger partial charge in [0.05, 0.1) is 18.2 Å². The van der Waals surface area contributed by atoms with Crippen LogP contribution in [0, 0.1) is 0 Å². The molecule has 1 aliphatic carbocycles. The van der Waals surface area contributed by atoms with Gasteiger partial charge in [-0.25, -0.2) is 0 Å². The van der Waals surface area contributed by atoms with Crippen LogP contribution in [0.1, 0.15) is 37.3 Å². The van der Waals surface area contributed by atoms with E-state index in [1.165, 1.54) is 12.8 Å². The number of nitrogens with one attached hydrogen (secondary N) is 3. The van der Waals surface area contributed by atoms with E-state index in [9.17, 15) is 4.79 Å². The summed E-state index contributed by atoms with van der Waals surface area (Å²) in [6, 6.07) is 8.62. The maximum atomic E-state index is 12.3. The lowest BCUT2D eigenvalue weighted by Crippen LogP contribution is -2.49. The van der Waals surface area contributed by atoms with E-state index in [1.807, 2.05) is 24.3 Å². The smallest absolute Gasteiger partial charge is 0.251 e. The van der Waals surface area contributed by atoms with Crippen LogP contribution in [-0.2, 0) is 4.79 Å². The standard InChI is InChI=1S/C17H20BN3O/c18-11-7-5-10(6-8-11)16-15-14(9-19-17(15)22)20-12-3-1-2-4-13(12)21-16/h5-8,12-13,16,20-21H,1-4,9H2,(H,19,22)/t12-,13-,16+/m1/s1. The molecular formula is C17H20BN3O. The van der Waals surface area contributed by atoms with Crippen molar-refractivity contribution in [2.45, 2.75) is 43.8 Å². The fourth-order valence-corrected chi connectivity index (χ4v) is 3.91.